The molecule has 1 saturated carbocycles. The summed E-state index contributed by atoms with van der Waals surface area (Å²) >= 11 is 0. The quantitative estimate of drug-likeness (QED) is 0.772. The van der Waals surface area contributed by atoms with E-state index in [1.807, 2.05) is 12.1 Å². The number of hydrogen-bond acceptors (Lipinski definition) is 4. The van der Waals surface area contributed by atoms with E-state index < -0.39 is 5.97 Å². The van der Waals surface area contributed by atoms with Crippen molar-refractivity contribution in [1.82, 2.24) is 9.88 Å². The highest BCUT2D eigenvalue weighted by Crippen LogP contribution is 2.26. The lowest BCUT2D eigenvalue weighted by Crippen LogP contribution is -2.31. The van der Waals surface area contributed by atoms with Crippen molar-refractivity contribution in [3.05, 3.63) is 29.5 Å². The largest absolute Gasteiger partial charge is 0.478 e. The van der Waals surface area contributed by atoms with Gasteiger partial charge in [0.25, 0.3) is 0 Å². The first-order valence-corrected chi connectivity index (χ1v) is 9.46. The van der Waals surface area contributed by atoms with Crippen LogP contribution < -0.4 is 5.32 Å². The number of carbonyl (C=O) groups is 1. The highest BCUT2D eigenvalue weighted by Gasteiger charge is 2.25. The molecule has 0 amide bonds. The van der Waals surface area contributed by atoms with Gasteiger partial charge in [-0.2, -0.15) is 0 Å². The zero-order chi connectivity index (χ0) is 17.6. The van der Waals surface area contributed by atoms with Gasteiger partial charge in [-0.1, -0.05) is 19.3 Å². The van der Waals surface area contributed by atoms with Crippen LogP contribution in [0.5, 0.6) is 0 Å². The van der Waals surface area contributed by atoms with E-state index in [1.54, 1.807) is 19.2 Å². The van der Waals surface area contributed by atoms with Crippen LogP contribution in [0.1, 0.15) is 51.0 Å². The molecular weight excluding hydrogens is 314 g/mol. The number of anilines is 1. The van der Waals surface area contributed by atoms with Crippen LogP contribution in [0.3, 0.4) is 0 Å². The van der Waals surface area contributed by atoms with Crippen molar-refractivity contribution in [2.24, 2.45) is 5.92 Å². The maximum atomic E-state index is 10.9. The molecule has 25 heavy (non-hydrogen) atoms. The number of carboxylic acids is 1. The zero-order valence-electron chi connectivity index (χ0n) is 15.1. The van der Waals surface area contributed by atoms with E-state index in [1.165, 1.54) is 45.2 Å². The Morgan fingerprint density at radius 1 is 1.32 bits per heavy atom. The van der Waals surface area contributed by atoms with Gasteiger partial charge in [0.2, 0.25) is 0 Å². The van der Waals surface area contributed by atoms with Crippen molar-refractivity contribution in [1.29, 1.82) is 0 Å². The highest BCUT2D eigenvalue weighted by atomic mass is 16.4. The van der Waals surface area contributed by atoms with Gasteiger partial charge in [0.15, 0.2) is 0 Å². The number of pyridine rings is 1. The van der Waals surface area contributed by atoms with Crippen molar-refractivity contribution >= 4 is 17.9 Å². The van der Waals surface area contributed by atoms with Gasteiger partial charge in [-0.3, -0.25) is 0 Å². The Morgan fingerprint density at radius 2 is 2.12 bits per heavy atom. The van der Waals surface area contributed by atoms with Crippen LogP contribution in [0, 0.1) is 5.92 Å². The molecule has 0 spiro atoms. The van der Waals surface area contributed by atoms with Crippen LogP contribution in [-0.4, -0.2) is 46.6 Å². The maximum absolute atomic E-state index is 10.9. The van der Waals surface area contributed by atoms with Gasteiger partial charge in [-0.05, 0) is 55.9 Å². The van der Waals surface area contributed by atoms with E-state index in [4.69, 9.17) is 5.11 Å². The molecule has 1 aliphatic carbocycles. The van der Waals surface area contributed by atoms with Crippen LogP contribution in [0.4, 0.5) is 5.82 Å². The third kappa shape index (κ3) is 5.30. The molecular formula is C20H29N3O2. The monoisotopic (exact) mass is 343 g/mol. The van der Waals surface area contributed by atoms with E-state index >= 15 is 0 Å². The summed E-state index contributed by atoms with van der Waals surface area (Å²) in [6.45, 7) is 5.11. The fourth-order valence-electron chi connectivity index (χ4n) is 3.95. The average molecular weight is 343 g/mol. The molecule has 1 aromatic heterocycles. The Morgan fingerprint density at radius 3 is 2.80 bits per heavy atom. The number of aliphatic carboxylic acids is 1. The summed E-state index contributed by atoms with van der Waals surface area (Å²) in [6.07, 6.45) is 11.6. The Bertz CT molecular complexity index is 606. The fraction of sp³-hybridized carbons (Fsp3) is 0.600. The average Bonchev–Trinajstić information content (AvgIpc) is 3.04. The van der Waals surface area contributed by atoms with E-state index in [0.717, 1.165) is 30.3 Å². The van der Waals surface area contributed by atoms with Crippen LogP contribution in [-0.2, 0) is 4.79 Å². The molecule has 0 radical (unpaired) electrons. The van der Waals surface area contributed by atoms with E-state index in [9.17, 15) is 4.79 Å². The first-order valence-electron chi connectivity index (χ1n) is 9.46. The lowest BCUT2D eigenvalue weighted by molar-refractivity contribution is -0.132. The molecule has 1 unspecified atom stereocenters. The number of nitrogens with zero attached hydrogens (tertiary/aromatic N) is 2. The van der Waals surface area contributed by atoms with E-state index in [0.29, 0.717) is 11.6 Å². The summed E-state index contributed by atoms with van der Waals surface area (Å²) < 4.78 is 0. The molecule has 1 saturated heterocycles. The molecule has 2 heterocycles. The molecule has 2 fully saturated rings. The number of hydrogen-bond donors (Lipinski definition) is 2. The minimum absolute atomic E-state index is 0.316. The van der Waals surface area contributed by atoms with Gasteiger partial charge in [-0.15, -0.1) is 0 Å². The minimum atomic E-state index is -0.897. The predicted octanol–water partition coefficient (Wildman–Crippen LogP) is 3.64. The van der Waals surface area contributed by atoms with Crippen LogP contribution in [0.25, 0.3) is 6.08 Å². The third-order valence-electron chi connectivity index (χ3n) is 5.37. The third-order valence-corrected chi connectivity index (χ3v) is 5.37. The topological polar surface area (TPSA) is 65.5 Å². The molecule has 2 aliphatic rings. The second kappa shape index (κ2) is 8.48. The predicted molar refractivity (Wildman–Crippen MR) is 101 cm³/mol. The summed E-state index contributed by atoms with van der Waals surface area (Å²) in [5, 5.41) is 12.4. The summed E-state index contributed by atoms with van der Waals surface area (Å²) in [4.78, 5) is 17.9. The SMILES string of the molecule is C/C(=C\c1ccc(NC2CCN(CC3CCCCC3)C2)nc1)C(=O)O. The molecule has 1 aromatic rings. The molecule has 5 nitrogen and oxygen atoms in total. The highest BCUT2D eigenvalue weighted by molar-refractivity contribution is 5.91. The zero-order valence-corrected chi connectivity index (χ0v) is 15.1. The Kier molecular flexibility index (Phi) is 6.08. The lowest BCUT2D eigenvalue weighted by Gasteiger charge is -2.26. The standard InChI is InChI=1S/C20H29N3O2/c1-15(20(24)25)11-17-7-8-19(21-12-17)22-18-9-10-23(14-18)13-16-5-3-2-4-6-16/h7-8,11-12,16,18H,2-6,9-10,13-14H2,1H3,(H,21,22)(H,24,25)/b15-11+. The maximum Gasteiger partial charge on any atom is 0.331 e. The summed E-state index contributed by atoms with van der Waals surface area (Å²) in [5.41, 5.74) is 1.13. The number of aromatic nitrogens is 1. The number of nitrogens with one attached hydrogen (secondary N) is 1. The van der Waals surface area contributed by atoms with Gasteiger partial charge < -0.3 is 15.3 Å². The summed E-state index contributed by atoms with van der Waals surface area (Å²) in [5.74, 6) is 0.870. The number of likely N-dealkylation sites (tertiary alicyclic amines) is 1. The van der Waals surface area contributed by atoms with Crippen molar-refractivity contribution in [3.8, 4) is 0 Å². The number of carboxylic acid groups (broad SMARTS) is 1. The molecule has 0 aromatic carbocycles. The van der Waals surface area contributed by atoms with Crippen LogP contribution >= 0.6 is 0 Å². The normalized spacial score (nSPS) is 22.9. The van der Waals surface area contributed by atoms with Gasteiger partial charge in [0, 0.05) is 37.4 Å². The molecule has 1 atom stereocenters. The van der Waals surface area contributed by atoms with Crippen molar-refractivity contribution in [3.63, 3.8) is 0 Å². The van der Waals surface area contributed by atoms with Gasteiger partial charge in [0.05, 0.1) is 0 Å². The fourth-order valence-corrected chi connectivity index (χ4v) is 3.95. The van der Waals surface area contributed by atoms with Crippen LogP contribution in [0.2, 0.25) is 0 Å². The summed E-state index contributed by atoms with van der Waals surface area (Å²) in [7, 11) is 0. The smallest absolute Gasteiger partial charge is 0.331 e. The Hall–Kier alpha value is -1.88. The van der Waals surface area contributed by atoms with Crippen molar-refractivity contribution < 1.29 is 9.90 Å². The van der Waals surface area contributed by atoms with Gasteiger partial charge in [0.1, 0.15) is 5.82 Å². The van der Waals surface area contributed by atoms with E-state index in [2.05, 4.69) is 15.2 Å². The second-order valence-corrected chi connectivity index (χ2v) is 7.50. The molecule has 0 bridgehead atoms. The summed E-state index contributed by atoms with van der Waals surface area (Å²) in [6, 6.07) is 4.31. The second-order valence-electron chi connectivity index (χ2n) is 7.50. The molecule has 2 N–H and O–H groups in total. The van der Waals surface area contributed by atoms with Gasteiger partial charge >= 0.3 is 5.97 Å². The molecule has 5 heteroatoms. The minimum Gasteiger partial charge on any atom is -0.478 e. The molecule has 136 valence electrons. The van der Waals surface area contributed by atoms with Crippen molar-refractivity contribution in [2.45, 2.75) is 51.5 Å². The van der Waals surface area contributed by atoms with E-state index in [-0.39, 0.29) is 0 Å². The first-order chi connectivity index (χ1) is 12.1. The first kappa shape index (κ1) is 17.9. The van der Waals surface area contributed by atoms with Crippen molar-refractivity contribution in [2.75, 3.05) is 25.0 Å². The molecule has 1 aliphatic heterocycles. The number of rotatable bonds is 6. The van der Waals surface area contributed by atoms with Crippen LogP contribution in [0.15, 0.2) is 23.9 Å². The van der Waals surface area contributed by atoms with Gasteiger partial charge in [-0.25, -0.2) is 9.78 Å². The Labute approximate surface area is 150 Å². The Balaban J connectivity index is 1.48. The molecule has 3 rings (SSSR count). The lowest BCUT2D eigenvalue weighted by atomic mass is 9.89.